The second-order valence-corrected chi connectivity index (χ2v) is 4.55. The van der Waals surface area contributed by atoms with Crippen LogP contribution in [-0.4, -0.2) is 15.1 Å². The maximum Gasteiger partial charge on any atom is 0.159 e. The molecule has 0 spiro atoms. The number of aromatic hydroxyl groups is 1. The van der Waals surface area contributed by atoms with Crippen molar-refractivity contribution in [2.24, 2.45) is 0 Å². The lowest BCUT2D eigenvalue weighted by Gasteiger charge is -2.03. The van der Waals surface area contributed by atoms with Crippen molar-refractivity contribution in [3.63, 3.8) is 0 Å². The first kappa shape index (κ1) is 13.1. The Hall–Kier alpha value is -2.89. The van der Waals surface area contributed by atoms with E-state index in [1.807, 2.05) is 0 Å². The van der Waals surface area contributed by atoms with E-state index in [1.165, 1.54) is 24.4 Å². The van der Waals surface area contributed by atoms with Gasteiger partial charge in [-0.3, -0.25) is 0 Å². The molecule has 3 aromatic rings. The summed E-state index contributed by atoms with van der Waals surface area (Å²) >= 11 is 0. The van der Waals surface area contributed by atoms with Gasteiger partial charge in [0.25, 0.3) is 0 Å². The molecule has 2 aromatic carbocycles. The zero-order valence-corrected chi connectivity index (χ0v) is 10.8. The number of hydrogen-bond acceptors (Lipinski definition) is 3. The Morgan fingerprint density at radius 3 is 2.62 bits per heavy atom. The van der Waals surface area contributed by atoms with Gasteiger partial charge in [0.1, 0.15) is 11.6 Å². The second-order valence-electron chi connectivity index (χ2n) is 4.55. The van der Waals surface area contributed by atoms with Crippen LogP contribution in [0.1, 0.15) is 0 Å². The molecule has 0 saturated heterocycles. The number of phenolic OH excluding ortho intramolecular Hbond substituents is 1. The normalized spacial score (nSPS) is 10.8. The van der Waals surface area contributed by atoms with E-state index in [9.17, 15) is 13.9 Å². The smallest absolute Gasteiger partial charge is 0.159 e. The molecule has 0 saturated carbocycles. The molecule has 0 amide bonds. The number of nitrogens with two attached hydrogens (primary N) is 1. The van der Waals surface area contributed by atoms with E-state index in [4.69, 9.17) is 5.73 Å². The largest absolute Gasteiger partial charge is 0.508 e. The van der Waals surface area contributed by atoms with E-state index in [-0.39, 0.29) is 5.75 Å². The van der Waals surface area contributed by atoms with E-state index >= 15 is 0 Å². The van der Waals surface area contributed by atoms with Gasteiger partial charge >= 0.3 is 0 Å². The average Bonchev–Trinajstić information content (AvgIpc) is 2.94. The molecule has 1 aromatic heterocycles. The van der Waals surface area contributed by atoms with Crippen molar-refractivity contribution in [1.29, 1.82) is 0 Å². The first-order valence-corrected chi connectivity index (χ1v) is 6.14. The fourth-order valence-electron chi connectivity index (χ4n) is 2.02. The average molecular weight is 287 g/mol. The van der Waals surface area contributed by atoms with E-state index in [0.717, 1.165) is 12.1 Å². The molecule has 106 valence electrons. The van der Waals surface area contributed by atoms with Crippen LogP contribution in [0, 0.1) is 11.6 Å². The molecule has 0 bridgehead atoms. The maximum atomic E-state index is 13.2. The Kier molecular flexibility index (Phi) is 3.06. The highest BCUT2D eigenvalue weighted by molar-refractivity contribution is 5.75. The SMILES string of the molecule is Nc1ccc(O)cc1-c1ncc(-c2ccc(F)c(F)c2)[nH]1. The van der Waals surface area contributed by atoms with E-state index in [0.29, 0.717) is 28.3 Å². The van der Waals surface area contributed by atoms with Gasteiger partial charge in [0, 0.05) is 16.8 Å². The predicted octanol–water partition coefficient (Wildman–Crippen LogP) is 3.31. The summed E-state index contributed by atoms with van der Waals surface area (Å²) in [7, 11) is 0. The molecule has 6 heteroatoms. The second kappa shape index (κ2) is 4.90. The summed E-state index contributed by atoms with van der Waals surface area (Å²) in [4.78, 5) is 7.12. The Bertz CT molecular complexity index is 814. The molecule has 3 rings (SSSR count). The number of hydrogen-bond donors (Lipinski definition) is 3. The number of nitrogens with zero attached hydrogens (tertiary/aromatic N) is 1. The lowest BCUT2D eigenvalue weighted by molar-refractivity contribution is 0.475. The predicted molar refractivity (Wildman–Crippen MR) is 75.5 cm³/mol. The van der Waals surface area contributed by atoms with Crippen LogP contribution >= 0.6 is 0 Å². The zero-order valence-electron chi connectivity index (χ0n) is 10.8. The molecule has 4 nitrogen and oxygen atoms in total. The number of phenols is 1. The molecular formula is C15H11F2N3O. The Morgan fingerprint density at radius 2 is 1.86 bits per heavy atom. The number of anilines is 1. The lowest BCUT2D eigenvalue weighted by Crippen LogP contribution is -1.91. The van der Waals surface area contributed by atoms with Crippen molar-refractivity contribution in [3.05, 3.63) is 54.2 Å². The van der Waals surface area contributed by atoms with E-state index < -0.39 is 11.6 Å². The minimum Gasteiger partial charge on any atom is -0.508 e. The van der Waals surface area contributed by atoms with Gasteiger partial charge in [0.05, 0.1) is 11.9 Å². The number of benzene rings is 2. The van der Waals surface area contributed by atoms with Crippen molar-refractivity contribution in [2.45, 2.75) is 0 Å². The van der Waals surface area contributed by atoms with Crippen molar-refractivity contribution < 1.29 is 13.9 Å². The summed E-state index contributed by atoms with van der Waals surface area (Å²) in [6.45, 7) is 0. The van der Waals surface area contributed by atoms with Gasteiger partial charge in [-0.15, -0.1) is 0 Å². The van der Waals surface area contributed by atoms with Gasteiger partial charge in [-0.25, -0.2) is 13.8 Å². The summed E-state index contributed by atoms with van der Waals surface area (Å²) in [5.41, 5.74) is 7.79. The molecule has 0 radical (unpaired) electrons. The number of rotatable bonds is 2. The fraction of sp³-hybridized carbons (Fsp3) is 0. The van der Waals surface area contributed by atoms with Gasteiger partial charge in [-0.05, 0) is 36.4 Å². The summed E-state index contributed by atoms with van der Waals surface area (Å²) in [5.74, 6) is -1.34. The number of nitrogen functional groups attached to an aromatic ring is 1. The quantitative estimate of drug-likeness (QED) is 0.500. The fourth-order valence-corrected chi connectivity index (χ4v) is 2.02. The van der Waals surface area contributed by atoms with Crippen LogP contribution in [0.3, 0.4) is 0 Å². The van der Waals surface area contributed by atoms with Crippen LogP contribution in [-0.2, 0) is 0 Å². The summed E-state index contributed by atoms with van der Waals surface area (Å²) in [6, 6.07) is 8.08. The third kappa shape index (κ3) is 2.43. The molecule has 21 heavy (non-hydrogen) atoms. The summed E-state index contributed by atoms with van der Waals surface area (Å²) < 4.78 is 26.2. The first-order chi connectivity index (χ1) is 10.0. The van der Waals surface area contributed by atoms with Gasteiger partial charge in [0.2, 0.25) is 0 Å². The highest BCUT2D eigenvalue weighted by Crippen LogP contribution is 2.29. The number of nitrogens with one attached hydrogen (secondary N) is 1. The number of aromatic amines is 1. The highest BCUT2D eigenvalue weighted by atomic mass is 19.2. The number of H-pyrrole nitrogens is 1. The molecule has 1 heterocycles. The van der Waals surface area contributed by atoms with Crippen molar-refractivity contribution in [1.82, 2.24) is 9.97 Å². The van der Waals surface area contributed by atoms with Crippen LogP contribution in [0.15, 0.2) is 42.6 Å². The third-order valence-electron chi connectivity index (χ3n) is 3.10. The summed E-state index contributed by atoms with van der Waals surface area (Å²) in [6.07, 6.45) is 1.49. The lowest BCUT2D eigenvalue weighted by atomic mass is 10.1. The van der Waals surface area contributed by atoms with Gasteiger partial charge < -0.3 is 15.8 Å². The van der Waals surface area contributed by atoms with Crippen LogP contribution in [0.2, 0.25) is 0 Å². The van der Waals surface area contributed by atoms with Gasteiger partial charge in [-0.1, -0.05) is 0 Å². The maximum absolute atomic E-state index is 13.2. The van der Waals surface area contributed by atoms with Crippen LogP contribution in [0.25, 0.3) is 22.6 Å². The molecule has 0 aliphatic carbocycles. The van der Waals surface area contributed by atoms with Crippen LogP contribution in [0.4, 0.5) is 14.5 Å². The molecule has 0 fully saturated rings. The van der Waals surface area contributed by atoms with Gasteiger partial charge in [-0.2, -0.15) is 0 Å². The number of aromatic nitrogens is 2. The van der Waals surface area contributed by atoms with Crippen molar-refractivity contribution in [2.75, 3.05) is 5.73 Å². The Balaban J connectivity index is 2.03. The van der Waals surface area contributed by atoms with Crippen LogP contribution in [0.5, 0.6) is 5.75 Å². The van der Waals surface area contributed by atoms with Crippen molar-refractivity contribution in [3.8, 4) is 28.4 Å². The van der Waals surface area contributed by atoms with Gasteiger partial charge in [0.15, 0.2) is 11.6 Å². The number of halogens is 2. The molecule has 0 aliphatic heterocycles. The van der Waals surface area contributed by atoms with E-state index in [1.54, 1.807) is 6.07 Å². The van der Waals surface area contributed by atoms with E-state index in [2.05, 4.69) is 9.97 Å². The molecular weight excluding hydrogens is 276 g/mol. The topological polar surface area (TPSA) is 74.9 Å². The first-order valence-electron chi connectivity index (χ1n) is 6.14. The zero-order chi connectivity index (χ0) is 15.0. The number of imidazole rings is 1. The van der Waals surface area contributed by atoms with Crippen molar-refractivity contribution >= 4 is 5.69 Å². The molecule has 0 aliphatic rings. The van der Waals surface area contributed by atoms with Crippen LogP contribution < -0.4 is 5.73 Å². The molecule has 0 unspecified atom stereocenters. The minimum absolute atomic E-state index is 0.0602. The standard InChI is InChI=1S/C15H11F2N3O/c16-11-3-1-8(5-12(11)17)14-7-19-15(20-14)10-6-9(21)2-4-13(10)18/h1-7,21H,18H2,(H,19,20). The Morgan fingerprint density at radius 1 is 1.05 bits per heavy atom. The monoisotopic (exact) mass is 287 g/mol. The Labute approximate surface area is 118 Å². The molecule has 0 atom stereocenters. The minimum atomic E-state index is -0.930. The third-order valence-corrected chi connectivity index (χ3v) is 3.10. The summed E-state index contributed by atoms with van der Waals surface area (Å²) in [5, 5.41) is 9.50. The molecule has 4 N–H and O–H groups in total. The highest BCUT2D eigenvalue weighted by Gasteiger charge is 2.11.